The molecule has 1 unspecified atom stereocenters. The minimum atomic E-state index is -1.53. The number of rotatable bonds is 4. The van der Waals surface area contributed by atoms with E-state index >= 15 is 0 Å². The predicted molar refractivity (Wildman–Crippen MR) is 108 cm³/mol. The molecule has 0 saturated carbocycles. The normalized spacial score (nSPS) is 14.1. The molecule has 2 aromatic carbocycles. The van der Waals surface area contributed by atoms with E-state index in [9.17, 15) is 24.6 Å². The van der Waals surface area contributed by atoms with Gasteiger partial charge in [0.2, 0.25) is 0 Å². The molecule has 3 aromatic rings. The maximum Gasteiger partial charge on any atom is 0.268 e. The van der Waals surface area contributed by atoms with Gasteiger partial charge in [0.1, 0.15) is 23.7 Å². The summed E-state index contributed by atoms with van der Waals surface area (Å²) in [6, 6.07) is 12.7. The van der Waals surface area contributed by atoms with Gasteiger partial charge in [0.05, 0.1) is 35.7 Å². The van der Waals surface area contributed by atoms with Gasteiger partial charge in [-0.1, -0.05) is 18.2 Å². The minimum absolute atomic E-state index is 0. The Kier molecular flexibility index (Phi) is 5.63. The van der Waals surface area contributed by atoms with Gasteiger partial charge in [-0.05, 0) is 29.8 Å². The SMILES string of the molecule is N#Cc1ccc(C2COc3cccc4c(O)c(C(=O)NCC(=O)[O-])c(=O)n2c34)cc1.[NH4+]. The molecule has 31 heavy (non-hydrogen) atoms. The summed E-state index contributed by atoms with van der Waals surface area (Å²) in [5, 5.41) is 32.6. The molecule has 1 amide bonds. The number of hydrogen-bond acceptors (Lipinski definition) is 7. The molecule has 0 spiro atoms. The smallest absolute Gasteiger partial charge is 0.268 e. The molecule has 10 nitrogen and oxygen atoms in total. The molecule has 1 aromatic heterocycles. The number of aliphatic carboxylic acids is 1. The van der Waals surface area contributed by atoms with Crippen molar-refractivity contribution in [3.8, 4) is 17.6 Å². The van der Waals surface area contributed by atoms with Gasteiger partial charge in [0.15, 0.2) is 0 Å². The second-order valence-corrected chi connectivity index (χ2v) is 6.67. The van der Waals surface area contributed by atoms with Gasteiger partial charge in [-0.3, -0.25) is 14.2 Å². The van der Waals surface area contributed by atoms with Crippen molar-refractivity contribution < 1.29 is 24.5 Å². The molecule has 4 rings (SSSR count). The van der Waals surface area contributed by atoms with E-state index in [0.29, 0.717) is 22.4 Å². The molecule has 6 N–H and O–H groups in total. The zero-order chi connectivity index (χ0) is 21.4. The van der Waals surface area contributed by atoms with E-state index in [1.165, 1.54) is 10.6 Å². The van der Waals surface area contributed by atoms with Crippen molar-refractivity contribution >= 4 is 22.8 Å². The number of aromatic nitrogens is 1. The van der Waals surface area contributed by atoms with Crippen LogP contribution in [0.15, 0.2) is 47.3 Å². The second kappa shape index (κ2) is 8.17. The molecule has 158 valence electrons. The van der Waals surface area contributed by atoms with Crippen molar-refractivity contribution in [2.75, 3.05) is 13.2 Å². The number of nitrogens with one attached hydrogen (secondary N) is 1. The molecular weight excluding hydrogens is 404 g/mol. The Hall–Kier alpha value is -4.36. The number of carboxylic acids is 1. The molecule has 1 aliphatic rings. The highest BCUT2D eigenvalue weighted by Gasteiger charge is 2.31. The maximum absolute atomic E-state index is 13.3. The van der Waals surface area contributed by atoms with E-state index in [2.05, 4.69) is 5.32 Å². The van der Waals surface area contributed by atoms with Gasteiger partial charge in [-0.15, -0.1) is 0 Å². The third kappa shape index (κ3) is 3.54. The van der Waals surface area contributed by atoms with E-state index in [4.69, 9.17) is 10.00 Å². The van der Waals surface area contributed by atoms with Gasteiger partial charge in [0, 0.05) is 5.39 Å². The van der Waals surface area contributed by atoms with Gasteiger partial charge in [-0.25, -0.2) is 0 Å². The fraction of sp³-hybridized carbons (Fsp3) is 0.143. The van der Waals surface area contributed by atoms with Crippen molar-refractivity contribution in [1.82, 2.24) is 16.0 Å². The molecule has 10 heteroatoms. The average Bonchev–Trinajstić information content (AvgIpc) is 2.75. The van der Waals surface area contributed by atoms with Crippen LogP contribution in [0.25, 0.3) is 10.9 Å². The van der Waals surface area contributed by atoms with Crippen LogP contribution in [0.3, 0.4) is 0 Å². The van der Waals surface area contributed by atoms with Crippen molar-refractivity contribution in [2.45, 2.75) is 6.04 Å². The van der Waals surface area contributed by atoms with Crippen LogP contribution in [-0.4, -0.2) is 34.7 Å². The lowest BCUT2D eigenvalue weighted by atomic mass is 10.0. The van der Waals surface area contributed by atoms with Crippen LogP contribution >= 0.6 is 0 Å². The van der Waals surface area contributed by atoms with Crippen LogP contribution in [0, 0.1) is 11.3 Å². The minimum Gasteiger partial charge on any atom is -0.548 e. The summed E-state index contributed by atoms with van der Waals surface area (Å²) in [6.45, 7) is -0.721. The van der Waals surface area contributed by atoms with Crippen LogP contribution in [0.1, 0.15) is 27.5 Å². The standard InChI is InChI=1S/C21H15N3O6.H3N/c22-8-11-4-6-12(7-5-11)14-10-30-15-3-1-2-13-18(15)24(14)21(29)17(19(13)27)20(28)23-9-16(25)26;/h1-7,14,27H,9-10H2,(H,23,28)(H,25,26);1H3. The van der Waals surface area contributed by atoms with Crippen LogP contribution in [0.4, 0.5) is 0 Å². The number of carbonyl (C=O) groups excluding carboxylic acids is 2. The first-order chi connectivity index (χ1) is 14.4. The zero-order valence-electron chi connectivity index (χ0n) is 16.4. The highest BCUT2D eigenvalue weighted by Crippen LogP contribution is 2.38. The van der Waals surface area contributed by atoms with E-state index < -0.39 is 41.3 Å². The molecule has 0 aliphatic carbocycles. The number of carbonyl (C=O) groups is 2. The number of carboxylic acid groups (broad SMARTS) is 1. The molecule has 0 fully saturated rings. The van der Waals surface area contributed by atoms with Gasteiger partial charge < -0.3 is 31.2 Å². The number of aromatic hydroxyl groups is 1. The first-order valence-corrected chi connectivity index (χ1v) is 8.93. The Morgan fingerprint density at radius 3 is 2.61 bits per heavy atom. The quantitative estimate of drug-likeness (QED) is 0.544. The lowest BCUT2D eigenvalue weighted by molar-refractivity contribution is -0.303. The summed E-state index contributed by atoms with van der Waals surface area (Å²) in [5.74, 6) is -2.75. The summed E-state index contributed by atoms with van der Waals surface area (Å²) in [7, 11) is 0. The number of amides is 1. The van der Waals surface area contributed by atoms with E-state index in [1.54, 1.807) is 36.4 Å². The Morgan fingerprint density at radius 2 is 1.97 bits per heavy atom. The lowest BCUT2D eigenvalue weighted by Gasteiger charge is -2.29. The summed E-state index contributed by atoms with van der Waals surface area (Å²) in [5.41, 5.74) is 0.0691. The summed E-state index contributed by atoms with van der Waals surface area (Å²) in [4.78, 5) is 36.4. The summed E-state index contributed by atoms with van der Waals surface area (Å²) < 4.78 is 7.14. The lowest BCUT2D eigenvalue weighted by Crippen LogP contribution is -2.42. The molecule has 2 heterocycles. The summed E-state index contributed by atoms with van der Waals surface area (Å²) >= 11 is 0. The highest BCUT2D eigenvalue weighted by molar-refractivity contribution is 6.04. The van der Waals surface area contributed by atoms with Gasteiger partial charge >= 0.3 is 0 Å². The second-order valence-electron chi connectivity index (χ2n) is 6.67. The van der Waals surface area contributed by atoms with Crippen LogP contribution in [0.2, 0.25) is 0 Å². The largest absolute Gasteiger partial charge is 0.548 e. The van der Waals surface area contributed by atoms with E-state index in [-0.39, 0.29) is 18.1 Å². The fourth-order valence-corrected chi connectivity index (χ4v) is 3.55. The van der Waals surface area contributed by atoms with Gasteiger partial charge in [-0.2, -0.15) is 5.26 Å². The fourth-order valence-electron chi connectivity index (χ4n) is 3.55. The van der Waals surface area contributed by atoms with E-state index in [0.717, 1.165) is 0 Å². The molecular formula is C21H18N4O6. The monoisotopic (exact) mass is 422 g/mol. The number of pyridine rings is 1. The van der Waals surface area contributed by atoms with Gasteiger partial charge in [0.25, 0.3) is 11.5 Å². The number of quaternary nitrogens is 1. The molecule has 0 saturated heterocycles. The predicted octanol–water partition coefficient (Wildman–Crippen LogP) is 0.416. The first-order valence-electron chi connectivity index (χ1n) is 8.93. The van der Waals surface area contributed by atoms with Crippen molar-refractivity contribution in [3.63, 3.8) is 0 Å². The molecule has 1 atom stereocenters. The maximum atomic E-state index is 13.3. The Morgan fingerprint density at radius 1 is 1.26 bits per heavy atom. The first kappa shape index (κ1) is 21.4. The Balaban J connectivity index is 0.00000272. The summed E-state index contributed by atoms with van der Waals surface area (Å²) in [6.07, 6.45) is 0. The third-order valence-corrected chi connectivity index (χ3v) is 4.92. The average molecular weight is 422 g/mol. The molecule has 0 radical (unpaired) electrons. The van der Waals surface area contributed by atoms with Crippen molar-refractivity contribution in [1.29, 1.82) is 5.26 Å². The topological polar surface area (TPSA) is 181 Å². The number of nitrogens with zero attached hydrogens (tertiary/aromatic N) is 2. The van der Waals surface area contributed by atoms with Crippen molar-refractivity contribution in [2.24, 2.45) is 0 Å². The Labute approximate surface area is 175 Å². The Bertz CT molecular complexity index is 1290. The zero-order valence-corrected chi connectivity index (χ0v) is 16.4. The third-order valence-electron chi connectivity index (χ3n) is 4.92. The number of benzene rings is 2. The number of para-hydroxylation sites is 1. The van der Waals surface area contributed by atoms with E-state index in [1.807, 2.05) is 6.07 Å². The van der Waals surface area contributed by atoms with Crippen LogP contribution < -0.4 is 26.9 Å². The van der Waals surface area contributed by atoms with Crippen LogP contribution in [-0.2, 0) is 4.79 Å². The van der Waals surface area contributed by atoms with Crippen LogP contribution in [0.5, 0.6) is 11.5 Å². The number of hydrogen-bond donors (Lipinski definition) is 3. The van der Waals surface area contributed by atoms with Crippen molar-refractivity contribution in [3.05, 3.63) is 69.5 Å². The number of nitriles is 1. The molecule has 0 bridgehead atoms. The number of ether oxygens (including phenoxy) is 1. The highest BCUT2D eigenvalue weighted by atomic mass is 16.5. The molecule has 1 aliphatic heterocycles.